The molecule has 2 amide bonds. The molecule has 178 valence electrons. The van der Waals surface area contributed by atoms with Gasteiger partial charge in [-0.05, 0) is 61.4 Å². The van der Waals surface area contributed by atoms with Crippen LogP contribution < -0.4 is 0 Å². The second kappa shape index (κ2) is 11.4. The van der Waals surface area contributed by atoms with Crippen LogP contribution in [0.4, 0.5) is 0 Å². The van der Waals surface area contributed by atoms with Gasteiger partial charge in [0, 0.05) is 30.1 Å². The molecule has 0 radical (unpaired) electrons. The zero-order valence-corrected chi connectivity index (χ0v) is 20.7. The summed E-state index contributed by atoms with van der Waals surface area (Å²) in [5, 5.41) is 2.06. The quantitative estimate of drug-likeness (QED) is 0.426. The maximum Gasteiger partial charge on any atom is 0.254 e. The lowest BCUT2D eigenvalue weighted by atomic mass is 10.1. The van der Waals surface area contributed by atoms with Gasteiger partial charge in [0.25, 0.3) is 5.91 Å². The van der Waals surface area contributed by atoms with E-state index in [4.69, 9.17) is 4.74 Å². The molecule has 1 saturated heterocycles. The highest BCUT2D eigenvalue weighted by Gasteiger charge is 2.27. The molecule has 1 aliphatic rings. The van der Waals surface area contributed by atoms with E-state index in [-0.39, 0.29) is 24.5 Å². The molecule has 6 heteroatoms. The Hall–Kier alpha value is -2.96. The van der Waals surface area contributed by atoms with E-state index >= 15 is 0 Å². The zero-order valence-electron chi connectivity index (χ0n) is 19.9. The number of amides is 2. The van der Waals surface area contributed by atoms with E-state index in [1.165, 1.54) is 10.4 Å². The van der Waals surface area contributed by atoms with Gasteiger partial charge < -0.3 is 14.5 Å². The van der Waals surface area contributed by atoms with Crippen LogP contribution in [-0.4, -0.2) is 47.4 Å². The van der Waals surface area contributed by atoms with Gasteiger partial charge in [0.1, 0.15) is 6.54 Å². The number of ether oxygens (including phenoxy) is 1. The van der Waals surface area contributed by atoms with Crippen molar-refractivity contribution < 1.29 is 14.3 Å². The lowest BCUT2D eigenvalue weighted by Gasteiger charge is -2.29. The minimum atomic E-state index is -0.129. The summed E-state index contributed by atoms with van der Waals surface area (Å²) in [6.45, 7) is 6.27. The molecule has 2 heterocycles. The summed E-state index contributed by atoms with van der Waals surface area (Å²) in [4.78, 5) is 31.8. The molecule has 1 fully saturated rings. The first-order valence-corrected chi connectivity index (χ1v) is 12.7. The predicted molar refractivity (Wildman–Crippen MR) is 136 cm³/mol. The third-order valence-electron chi connectivity index (χ3n) is 6.23. The lowest BCUT2D eigenvalue weighted by Crippen LogP contribution is -2.45. The van der Waals surface area contributed by atoms with Crippen LogP contribution in [0.25, 0.3) is 0 Å². The number of carbonyl (C=O) groups is 2. The molecule has 0 N–H and O–H groups in total. The molecule has 1 aliphatic heterocycles. The second-order valence-corrected chi connectivity index (χ2v) is 9.95. The largest absolute Gasteiger partial charge is 0.376 e. The Morgan fingerprint density at radius 2 is 1.74 bits per heavy atom. The second-order valence-electron chi connectivity index (χ2n) is 8.95. The molecule has 2 aromatic carbocycles. The van der Waals surface area contributed by atoms with Crippen LogP contribution in [0.15, 0.2) is 66.0 Å². The maximum absolute atomic E-state index is 13.7. The maximum atomic E-state index is 13.7. The summed E-state index contributed by atoms with van der Waals surface area (Å²) < 4.78 is 5.81. The normalized spacial score (nSPS) is 15.3. The Balaban J connectivity index is 1.55. The predicted octanol–water partition coefficient (Wildman–Crippen LogP) is 5.22. The van der Waals surface area contributed by atoms with Crippen molar-refractivity contribution in [3.05, 3.63) is 93.2 Å². The average Bonchev–Trinajstić information content (AvgIpc) is 3.50. The number of hydrogen-bond donors (Lipinski definition) is 0. The van der Waals surface area contributed by atoms with E-state index in [1.807, 2.05) is 66.4 Å². The summed E-state index contributed by atoms with van der Waals surface area (Å²) in [6.07, 6.45) is 1.88. The van der Waals surface area contributed by atoms with E-state index in [0.717, 1.165) is 24.0 Å². The lowest BCUT2D eigenvalue weighted by molar-refractivity contribution is -0.133. The molecule has 4 rings (SSSR count). The smallest absolute Gasteiger partial charge is 0.254 e. The van der Waals surface area contributed by atoms with E-state index in [0.29, 0.717) is 31.8 Å². The van der Waals surface area contributed by atoms with Crippen molar-refractivity contribution in [2.24, 2.45) is 0 Å². The van der Waals surface area contributed by atoms with Gasteiger partial charge in [-0.15, -0.1) is 11.3 Å². The van der Waals surface area contributed by atoms with Crippen molar-refractivity contribution >= 4 is 23.2 Å². The van der Waals surface area contributed by atoms with Crippen molar-refractivity contribution in [1.82, 2.24) is 9.80 Å². The Labute approximate surface area is 206 Å². The molecular formula is C28H32N2O3S. The van der Waals surface area contributed by atoms with Crippen molar-refractivity contribution in [3.63, 3.8) is 0 Å². The first-order chi connectivity index (χ1) is 16.5. The van der Waals surface area contributed by atoms with Gasteiger partial charge in [-0.2, -0.15) is 0 Å². The summed E-state index contributed by atoms with van der Waals surface area (Å²) in [5.74, 6) is -0.189. The van der Waals surface area contributed by atoms with Gasteiger partial charge in [0.15, 0.2) is 0 Å². The molecule has 0 aliphatic carbocycles. The number of aryl methyl sites for hydroxylation is 2. The fourth-order valence-corrected chi connectivity index (χ4v) is 5.09. The van der Waals surface area contributed by atoms with Gasteiger partial charge in [-0.25, -0.2) is 0 Å². The number of benzene rings is 2. The van der Waals surface area contributed by atoms with Crippen molar-refractivity contribution in [2.45, 2.75) is 45.9 Å². The molecule has 34 heavy (non-hydrogen) atoms. The van der Waals surface area contributed by atoms with Crippen LogP contribution in [0.2, 0.25) is 0 Å². The monoisotopic (exact) mass is 476 g/mol. The van der Waals surface area contributed by atoms with Crippen LogP contribution in [-0.2, 0) is 22.6 Å². The Morgan fingerprint density at radius 1 is 0.971 bits per heavy atom. The van der Waals surface area contributed by atoms with Crippen LogP contribution in [0, 0.1) is 13.8 Å². The summed E-state index contributed by atoms with van der Waals surface area (Å²) in [7, 11) is 0. The number of nitrogens with zero attached hydrogens (tertiary/aromatic N) is 2. The Bertz CT molecular complexity index is 1090. The molecule has 0 saturated carbocycles. The third-order valence-corrected chi connectivity index (χ3v) is 7.24. The van der Waals surface area contributed by atoms with Crippen molar-refractivity contribution in [2.75, 3.05) is 19.7 Å². The highest BCUT2D eigenvalue weighted by atomic mass is 32.1. The zero-order chi connectivity index (χ0) is 23.9. The average molecular weight is 477 g/mol. The van der Waals surface area contributed by atoms with Gasteiger partial charge in [-0.3, -0.25) is 9.59 Å². The minimum Gasteiger partial charge on any atom is -0.376 e. The van der Waals surface area contributed by atoms with Gasteiger partial charge in [0.05, 0.1) is 12.6 Å². The Morgan fingerprint density at radius 3 is 2.38 bits per heavy atom. The highest BCUT2D eigenvalue weighted by molar-refractivity contribution is 7.10. The number of carbonyl (C=O) groups excluding carboxylic acids is 2. The van der Waals surface area contributed by atoms with E-state index in [1.54, 1.807) is 16.2 Å². The molecule has 1 atom stereocenters. The minimum absolute atomic E-state index is 0.0238. The van der Waals surface area contributed by atoms with E-state index in [2.05, 4.69) is 18.4 Å². The first-order valence-electron chi connectivity index (χ1n) is 11.8. The first kappa shape index (κ1) is 24.2. The number of hydrogen-bond acceptors (Lipinski definition) is 4. The van der Waals surface area contributed by atoms with Crippen LogP contribution in [0.3, 0.4) is 0 Å². The molecule has 3 aromatic rings. The molecule has 5 nitrogen and oxygen atoms in total. The topological polar surface area (TPSA) is 49.9 Å². The standard InChI is InChI=1S/C28H32N2O3S/c1-21-10-12-24(13-11-21)28(32)30(18-25-9-6-15-33-25)20-27(31)29(17-23-7-4-3-5-8-23)19-26-22(2)14-16-34-26/h3-5,7-8,10-14,16,25H,6,9,15,17-20H2,1-2H3/t25-/m0/s1. The highest BCUT2D eigenvalue weighted by Crippen LogP contribution is 2.21. The van der Waals surface area contributed by atoms with Gasteiger partial charge in [0.2, 0.25) is 5.91 Å². The molecule has 0 bridgehead atoms. The molecule has 1 aromatic heterocycles. The Kier molecular flexibility index (Phi) is 8.14. The molecule has 0 spiro atoms. The van der Waals surface area contributed by atoms with Gasteiger partial charge >= 0.3 is 0 Å². The van der Waals surface area contributed by atoms with Crippen LogP contribution in [0.1, 0.15) is 44.8 Å². The molecule has 0 unspecified atom stereocenters. The fourth-order valence-electron chi connectivity index (χ4n) is 4.17. The van der Waals surface area contributed by atoms with Crippen LogP contribution >= 0.6 is 11.3 Å². The third kappa shape index (κ3) is 6.33. The fraction of sp³-hybridized carbons (Fsp3) is 0.357. The summed E-state index contributed by atoms with van der Waals surface area (Å²) >= 11 is 1.66. The number of thiophene rings is 1. The van der Waals surface area contributed by atoms with Crippen LogP contribution in [0.5, 0.6) is 0 Å². The van der Waals surface area contributed by atoms with Crippen molar-refractivity contribution in [1.29, 1.82) is 0 Å². The SMILES string of the molecule is Cc1ccc(C(=O)N(CC(=O)N(Cc2ccccc2)Cc2sccc2C)C[C@@H]2CCCO2)cc1. The van der Waals surface area contributed by atoms with Gasteiger partial charge in [-0.1, -0.05) is 48.0 Å². The van der Waals surface area contributed by atoms with Crippen molar-refractivity contribution in [3.8, 4) is 0 Å². The summed E-state index contributed by atoms with van der Waals surface area (Å²) in [5.41, 5.74) is 3.95. The van der Waals surface area contributed by atoms with E-state index in [9.17, 15) is 9.59 Å². The number of rotatable bonds is 9. The van der Waals surface area contributed by atoms with E-state index < -0.39 is 0 Å². The molecular weight excluding hydrogens is 444 g/mol. The summed E-state index contributed by atoms with van der Waals surface area (Å²) in [6, 6.07) is 19.6.